The first kappa shape index (κ1) is 104. The second kappa shape index (κ2) is 86.7. The van der Waals surface area contributed by atoms with Crippen molar-refractivity contribution in [2.75, 3.05) is 47.5 Å². The van der Waals surface area contributed by atoms with Crippen molar-refractivity contribution in [1.29, 1.82) is 0 Å². The Morgan fingerprint density at radius 2 is 0.538 bits per heavy atom. The van der Waals surface area contributed by atoms with Gasteiger partial charge in [-0.15, -0.1) is 0 Å². The van der Waals surface area contributed by atoms with E-state index >= 15 is 0 Å². The van der Waals surface area contributed by atoms with E-state index in [-0.39, 0.29) is 32.0 Å². The maximum absolute atomic E-state index is 12.9. The van der Waals surface area contributed by atoms with Crippen LogP contribution in [0.25, 0.3) is 0 Å². The molecule has 0 fully saturated rings. The highest BCUT2D eigenvalue weighted by molar-refractivity contribution is 7.45. The monoisotopic (exact) mass is 1510 g/mol. The number of phosphoric acid groups is 1. The molecule has 106 heavy (non-hydrogen) atoms. The molecule has 0 aromatic carbocycles. The van der Waals surface area contributed by atoms with Crippen molar-refractivity contribution < 1.29 is 42.1 Å². The minimum absolute atomic E-state index is 0.0272. The molecule has 0 radical (unpaired) electrons. The number of esters is 2. The smallest absolute Gasteiger partial charge is 0.306 e. The van der Waals surface area contributed by atoms with Gasteiger partial charge in [0.15, 0.2) is 6.10 Å². The van der Waals surface area contributed by atoms with Crippen LogP contribution < -0.4 is 4.89 Å². The van der Waals surface area contributed by atoms with Gasteiger partial charge in [0.1, 0.15) is 19.8 Å². The minimum Gasteiger partial charge on any atom is -0.756 e. The summed E-state index contributed by atoms with van der Waals surface area (Å²) in [6.45, 7) is 4.22. The molecule has 0 aliphatic carbocycles. The van der Waals surface area contributed by atoms with E-state index in [1.54, 1.807) is 0 Å². The quantitative estimate of drug-likeness (QED) is 0.0195. The van der Waals surface area contributed by atoms with Crippen molar-refractivity contribution in [2.45, 2.75) is 495 Å². The molecule has 0 bridgehead atoms. The molecule has 10 heteroatoms. The highest BCUT2D eigenvalue weighted by Crippen LogP contribution is 2.38. The molecule has 0 aliphatic rings. The van der Waals surface area contributed by atoms with Gasteiger partial charge >= 0.3 is 11.9 Å². The average Bonchev–Trinajstić information content (AvgIpc) is 0.908. The number of ether oxygens (including phenoxy) is 2. The van der Waals surface area contributed by atoms with E-state index in [9.17, 15) is 19.0 Å². The predicted molar refractivity (Wildman–Crippen MR) is 462 cm³/mol. The lowest BCUT2D eigenvalue weighted by molar-refractivity contribution is -0.870. The number of unbranched alkanes of at least 4 members (excludes halogenated alkanes) is 65. The predicted octanol–water partition coefficient (Wildman–Crippen LogP) is 31.3. The molecule has 9 nitrogen and oxygen atoms in total. The molecule has 2 atom stereocenters. The van der Waals surface area contributed by atoms with E-state index in [2.05, 4.69) is 74.6 Å². The van der Waals surface area contributed by atoms with Gasteiger partial charge in [-0.1, -0.05) is 460 Å². The third kappa shape index (κ3) is 90.6. The first-order chi connectivity index (χ1) is 52.0. The second-order valence-electron chi connectivity index (χ2n) is 33.4. The molecule has 0 saturated carbocycles. The fourth-order valence-corrected chi connectivity index (χ4v) is 15.1. The van der Waals surface area contributed by atoms with Crippen LogP contribution in [-0.2, 0) is 32.7 Å². The number of phosphoric ester groups is 1. The van der Waals surface area contributed by atoms with Crippen molar-refractivity contribution in [2.24, 2.45) is 0 Å². The van der Waals surface area contributed by atoms with Crippen LogP contribution in [0, 0.1) is 0 Å². The van der Waals surface area contributed by atoms with Gasteiger partial charge in [0.05, 0.1) is 27.7 Å². The van der Waals surface area contributed by atoms with Gasteiger partial charge in [-0.2, -0.15) is 0 Å². The number of quaternary nitrogens is 1. The normalized spacial score (nSPS) is 13.2. The van der Waals surface area contributed by atoms with Gasteiger partial charge in [0, 0.05) is 12.8 Å². The van der Waals surface area contributed by atoms with E-state index in [0.29, 0.717) is 17.4 Å². The van der Waals surface area contributed by atoms with Gasteiger partial charge < -0.3 is 27.9 Å². The molecular formula is C96H182NO8P. The summed E-state index contributed by atoms with van der Waals surface area (Å²) in [5.74, 6) is -0.803. The van der Waals surface area contributed by atoms with Crippen molar-refractivity contribution in [1.82, 2.24) is 0 Å². The Hall–Kier alpha value is -2.29. The third-order valence-corrected chi connectivity index (χ3v) is 22.5. The Balaban J connectivity index is 3.81. The molecule has 624 valence electrons. The topological polar surface area (TPSA) is 111 Å². The van der Waals surface area contributed by atoms with Crippen LogP contribution in [0.15, 0.2) is 60.8 Å². The van der Waals surface area contributed by atoms with Gasteiger partial charge in [-0.3, -0.25) is 14.2 Å². The fourth-order valence-electron chi connectivity index (χ4n) is 14.4. The van der Waals surface area contributed by atoms with Crippen LogP contribution in [0.2, 0.25) is 0 Å². The molecule has 0 aromatic rings. The molecule has 0 saturated heterocycles. The summed E-state index contributed by atoms with van der Waals surface area (Å²) < 4.78 is 34.5. The number of rotatable bonds is 89. The molecule has 0 spiro atoms. The first-order valence-corrected chi connectivity index (χ1v) is 48.5. The number of carbonyl (C=O) groups excluding carboxylic acids is 2. The van der Waals surface area contributed by atoms with Gasteiger partial charge in [0.2, 0.25) is 0 Å². The number of hydrogen-bond donors (Lipinski definition) is 0. The molecule has 0 N–H and O–H groups in total. The van der Waals surface area contributed by atoms with Crippen molar-refractivity contribution in [3.8, 4) is 0 Å². The Bertz CT molecular complexity index is 1980. The molecule has 0 heterocycles. The Morgan fingerprint density at radius 3 is 0.811 bits per heavy atom. The summed E-state index contributed by atoms with van der Waals surface area (Å²) in [4.78, 5) is 38.3. The lowest BCUT2D eigenvalue weighted by Crippen LogP contribution is -2.37. The number of hydrogen-bond acceptors (Lipinski definition) is 8. The summed E-state index contributed by atoms with van der Waals surface area (Å²) in [6, 6.07) is 0. The average molecular weight is 1510 g/mol. The molecule has 0 amide bonds. The lowest BCUT2D eigenvalue weighted by atomic mass is 10.0. The minimum atomic E-state index is -4.65. The fraction of sp³-hybridized carbons (Fsp3) is 0.875. The van der Waals surface area contributed by atoms with Crippen LogP contribution in [-0.4, -0.2) is 70.0 Å². The number of likely N-dealkylation sites (N-methyl/N-ethyl adjacent to an activating group) is 1. The summed E-state index contributed by atoms with van der Waals surface area (Å²) in [5, 5.41) is 0. The van der Waals surface area contributed by atoms with Crippen LogP contribution in [0.1, 0.15) is 489 Å². The zero-order valence-corrected chi connectivity index (χ0v) is 72.6. The van der Waals surface area contributed by atoms with E-state index in [1.165, 1.54) is 398 Å². The summed E-state index contributed by atoms with van der Waals surface area (Å²) >= 11 is 0. The van der Waals surface area contributed by atoms with Crippen molar-refractivity contribution in [3.05, 3.63) is 60.8 Å². The highest BCUT2D eigenvalue weighted by Gasteiger charge is 2.22. The third-order valence-electron chi connectivity index (χ3n) is 21.5. The number of carbonyl (C=O) groups is 2. The molecule has 0 aliphatic heterocycles. The number of allylic oxidation sites excluding steroid dienone is 10. The standard InChI is InChI=1S/C96H182NO8P/c1-6-8-10-12-14-16-18-20-22-24-26-28-30-32-34-36-38-40-42-44-46-48-50-52-54-56-58-60-62-64-66-68-70-72-74-76-78-80-82-84-86-88-95(98)102-92-94(93-104-106(100,101)103-91-90-97(3,4)5)105-96(99)89-87-85-83-81-79-77-75-73-71-69-67-65-63-61-59-57-55-53-51-49-47-45-43-41-39-37-35-33-31-29-27-25-23-21-19-17-15-13-11-9-7-2/h9,11,15,17,21,23-24,26-27,29,94H,6-8,10,12-14,16,18-20,22,25,28,30-93H2,1-5H3/b11-9-,17-15-,23-21-,26-24-,29-27-. The van der Waals surface area contributed by atoms with Crippen LogP contribution in [0.3, 0.4) is 0 Å². The maximum Gasteiger partial charge on any atom is 0.306 e. The van der Waals surface area contributed by atoms with E-state index < -0.39 is 26.5 Å². The Labute approximate surface area is 661 Å². The van der Waals surface area contributed by atoms with Crippen molar-refractivity contribution in [3.63, 3.8) is 0 Å². The second-order valence-corrected chi connectivity index (χ2v) is 34.8. The Kier molecular flexibility index (Phi) is 84.8. The zero-order chi connectivity index (χ0) is 76.8. The van der Waals surface area contributed by atoms with Crippen molar-refractivity contribution >= 4 is 19.8 Å². The van der Waals surface area contributed by atoms with E-state index in [1.807, 2.05) is 21.1 Å². The lowest BCUT2D eigenvalue weighted by Gasteiger charge is -2.28. The van der Waals surface area contributed by atoms with Crippen LogP contribution >= 0.6 is 7.82 Å². The van der Waals surface area contributed by atoms with Crippen LogP contribution in [0.4, 0.5) is 0 Å². The molecular weight excluding hydrogens is 1330 g/mol. The maximum atomic E-state index is 12.9. The summed E-state index contributed by atoms with van der Waals surface area (Å²) in [6.07, 6.45) is 119. The zero-order valence-electron chi connectivity index (χ0n) is 71.7. The summed E-state index contributed by atoms with van der Waals surface area (Å²) in [5.41, 5.74) is 0. The molecule has 0 rings (SSSR count). The number of nitrogens with zero attached hydrogens (tertiary/aromatic N) is 1. The molecule has 0 aromatic heterocycles. The van der Waals surface area contributed by atoms with Crippen LogP contribution in [0.5, 0.6) is 0 Å². The van der Waals surface area contributed by atoms with E-state index in [4.69, 9.17) is 18.5 Å². The Morgan fingerprint density at radius 1 is 0.302 bits per heavy atom. The highest BCUT2D eigenvalue weighted by atomic mass is 31.2. The largest absolute Gasteiger partial charge is 0.756 e. The molecule has 2 unspecified atom stereocenters. The van der Waals surface area contributed by atoms with Gasteiger partial charge in [0.25, 0.3) is 7.82 Å². The van der Waals surface area contributed by atoms with Gasteiger partial charge in [-0.05, 0) is 77.0 Å². The van der Waals surface area contributed by atoms with E-state index in [0.717, 1.165) is 57.8 Å². The van der Waals surface area contributed by atoms with Gasteiger partial charge in [-0.25, -0.2) is 0 Å². The first-order valence-electron chi connectivity index (χ1n) is 47.0. The SMILES string of the molecule is CC/C=C\C/C=C\C/C=C\C/C=C\CCCCCCCCCCCCCCCCCCCCCCCCCCCCCCC(=O)OC(COC(=O)CCCCCCCCCCCCCCCCCCCCCCCCCCCCCCC/C=C\CCCCCCCCCC)COP(=O)([O-])OCC[N+](C)(C)C. The summed E-state index contributed by atoms with van der Waals surface area (Å²) in [7, 11) is 1.20.